The molecule has 1 heterocycles. The molecule has 4 nitrogen and oxygen atoms in total. The Bertz CT molecular complexity index is 600. The second-order valence-corrected chi connectivity index (χ2v) is 5.90. The highest BCUT2D eigenvalue weighted by atomic mass is 19.4. The molecule has 0 unspecified atom stereocenters. The number of alkyl halides is 3. The van der Waals surface area contributed by atoms with Gasteiger partial charge in [0.2, 0.25) is 0 Å². The third-order valence-electron chi connectivity index (χ3n) is 3.87. The fraction of sp³-hybridized carbons (Fsp3) is 0.500. The minimum absolute atomic E-state index is 0.0982. The number of esters is 1. The van der Waals surface area contributed by atoms with Gasteiger partial charge in [-0.3, -0.25) is 4.79 Å². The number of amides is 1. The van der Waals surface area contributed by atoms with Crippen LogP contribution >= 0.6 is 0 Å². The first kappa shape index (κ1) is 18.2. The number of nitrogens with zero attached hydrogens (tertiary/aromatic N) is 1. The molecule has 2 rings (SSSR count). The Hall–Kier alpha value is -2.12. The van der Waals surface area contributed by atoms with Gasteiger partial charge in [-0.25, -0.2) is 9.18 Å². The zero-order valence-electron chi connectivity index (χ0n) is 13.0. The van der Waals surface area contributed by atoms with Crippen LogP contribution in [0.25, 0.3) is 0 Å². The van der Waals surface area contributed by atoms with Gasteiger partial charge in [0.1, 0.15) is 5.82 Å². The second-order valence-electron chi connectivity index (χ2n) is 5.90. The van der Waals surface area contributed by atoms with Crippen molar-refractivity contribution in [1.82, 2.24) is 4.90 Å². The number of benzene rings is 1. The first-order chi connectivity index (χ1) is 11.2. The minimum atomic E-state index is -4.69. The first-order valence-electron chi connectivity index (χ1n) is 7.47. The predicted molar refractivity (Wildman–Crippen MR) is 76.3 cm³/mol. The monoisotopic (exact) mass is 347 g/mol. The maximum absolute atomic E-state index is 13.1. The van der Waals surface area contributed by atoms with Crippen LogP contribution in [0, 0.1) is 11.7 Å². The highest BCUT2D eigenvalue weighted by Gasteiger charge is 2.37. The summed E-state index contributed by atoms with van der Waals surface area (Å²) in [6.45, 7) is 0.298. The van der Waals surface area contributed by atoms with Gasteiger partial charge in [-0.2, -0.15) is 13.2 Å². The van der Waals surface area contributed by atoms with Crippen LogP contribution in [-0.4, -0.2) is 36.1 Å². The van der Waals surface area contributed by atoms with Crippen LogP contribution in [0.4, 0.5) is 17.6 Å². The average Bonchev–Trinajstić information content (AvgIpc) is 2.52. The highest BCUT2D eigenvalue weighted by molar-refractivity contribution is 6.32. The molecule has 0 aromatic heterocycles. The maximum atomic E-state index is 13.1. The summed E-state index contributed by atoms with van der Waals surface area (Å²) in [7, 11) is 0. The lowest BCUT2D eigenvalue weighted by molar-refractivity contribution is -0.190. The predicted octanol–water partition coefficient (Wildman–Crippen LogP) is 3.23. The number of ether oxygens (including phenoxy) is 1. The van der Waals surface area contributed by atoms with Crippen molar-refractivity contribution in [3.05, 3.63) is 35.6 Å². The van der Waals surface area contributed by atoms with Gasteiger partial charge in [-0.05, 0) is 36.5 Å². The number of rotatable bonds is 2. The second kappa shape index (κ2) is 7.19. The molecule has 1 fully saturated rings. The van der Waals surface area contributed by atoms with Crippen LogP contribution in [0.1, 0.15) is 31.4 Å². The first-order valence-corrected chi connectivity index (χ1v) is 7.47. The number of hydrogen-bond acceptors (Lipinski definition) is 3. The van der Waals surface area contributed by atoms with Crippen molar-refractivity contribution in [2.24, 2.45) is 5.92 Å². The van der Waals surface area contributed by atoms with Crippen molar-refractivity contribution in [2.75, 3.05) is 13.2 Å². The van der Waals surface area contributed by atoms with E-state index in [0.29, 0.717) is 12.0 Å². The molecule has 2 atom stereocenters. The molecule has 24 heavy (non-hydrogen) atoms. The van der Waals surface area contributed by atoms with Crippen molar-refractivity contribution >= 4 is 11.9 Å². The largest absolute Gasteiger partial charge is 0.449 e. The van der Waals surface area contributed by atoms with Crippen LogP contribution in [0.5, 0.6) is 0 Å². The molecule has 1 aliphatic rings. The molecule has 0 radical (unpaired) electrons. The van der Waals surface area contributed by atoms with E-state index in [1.165, 1.54) is 29.2 Å². The Morgan fingerprint density at radius 3 is 2.42 bits per heavy atom. The van der Waals surface area contributed by atoms with E-state index < -0.39 is 36.5 Å². The molecule has 1 amide bonds. The van der Waals surface area contributed by atoms with E-state index in [-0.39, 0.29) is 12.5 Å². The van der Waals surface area contributed by atoms with E-state index in [1.807, 2.05) is 6.92 Å². The summed E-state index contributed by atoms with van der Waals surface area (Å²) < 4.78 is 53.5. The van der Waals surface area contributed by atoms with Gasteiger partial charge in [-0.1, -0.05) is 19.1 Å². The van der Waals surface area contributed by atoms with Gasteiger partial charge >= 0.3 is 18.1 Å². The van der Waals surface area contributed by atoms with E-state index in [0.717, 1.165) is 6.42 Å². The maximum Gasteiger partial charge on any atom is 0.422 e. The summed E-state index contributed by atoms with van der Waals surface area (Å²) in [5.74, 6) is -2.99. The Balaban J connectivity index is 2.14. The summed E-state index contributed by atoms with van der Waals surface area (Å²) in [5, 5.41) is 0. The minimum Gasteiger partial charge on any atom is -0.449 e. The Morgan fingerprint density at radius 2 is 1.83 bits per heavy atom. The van der Waals surface area contributed by atoms with Crippen molar-refractivity contribution in [1.29, 1.82) is 0 Å². The molecule has 1 aromatic rings. The normalized spacial score (nSPS) is 21.5. The molecule has 1 saturated heterocycles. The van der Waals surface area contributed by atoms with Gasteiger partial charge in [0.15, 0.2) is 6.61 Å². The van der Waals surface area contributed by atoms with E-state index in [2.05, 4.69) is 4.74 Å². The lowest BCUT2D eigenvalue weighted by Crippen LogP contribution is -2.45. The van der Waals surface area contributed by atoms with E-state index in [1.54, 1.807) is 0 Å². The topological polar surface area (TPSA) is 46.6 Å². The molecule has 1 aromatic carbocycles. The van der Waals surface area contributed by atoms with Gasteiger partial charge in [0.05, 0.1) is 6.04 Å². The van der Waals surface area contributed by atoms with Crippen LogP contribution < -0.4 is 0 Å². The molecule has 0 saturated carbocycles. The SMILES string of the molecule is C[C@H]1CC[C@H](c2ccc(F)cc2)N(C(=O)C(=O)OCC(F)(F)F)C1. The molecule has 0 bridgehead atoms. The number of likely N-dealkylation sites (tertiary alicyclic amines) is 1. The third-order valence-corrected chi connectivity index (χ3v) is 3.87. The lowest BCUT2D eigenvalue weighted by atomic mass is 9.90. The van der Waals surface area contributed by atoms with Gasteiger partial charge < -0.3 is 9.64 Å². The molecule has 1 aliphatic heterocycles. The molecule has 0 N–H and O–H groups in total. The highest BCUT2D eigenvalue weighted by Crippen LogP contribution is 2.33. The quantitative estimate of drug-likeness (QED) is 0.469. The van der Waals surface area contributed by atoms with E-state index >= 15 is 0 Å². The molecular weight excluding hydrogens is 330 g/mol. The average molecular weight is 347 g/mol. The Labute approximate surface area is 136 Å². The summed E-state index contributed by atoms with van der Waals surface area (Å²) in [5.41, 5.74) is 0.625. The smallest absolute Gasteiger partial charge is 0.422 e. The van der Waals surface area contributed by atoms with Crippen LogP contribution in [0.2, 0.25) is 0 Å². The fourth-order valence-corrected chi connectivity index (χ4v) is 2.73. The number of piperidine rings is 1. The fourth-order valence-electron chi connectivity index (χ4n) is 2.73. The van der Waals surface area contributed by atoms with E-state index in [9.17, 15) is 27.2 Å². The van der Waals surface area contributed by atoms with Crippen LogP contribution in [0.15, 0.2) is 24.3 Å². The lowest BCUT2D eigenvalue weighted by Gasteiger charge is -2.38. The zero-order valence-corrected chi connectivity index (χ0v) is 13.0. The van der Waals surface area contributed by atoms with Crippen LogP contribution in [-0.2, 0) is 14.3 Å². The number of carbonyl (C=O) groups excluding carboxylic acids is 2. The number of halogens is 4. The summed E-state index contributed by atoms with van der Waals surface area (Å²) in [4.78, 5) is 25.1. The zero-order chi connectivity index (χ0) is 17.9. The molecule has 0 spiro atoms. The molecule has 0 aliphatic carbocycles. The summed E-state index contributed by atoms with van der Waals surface area (Å²) in [6.07, 6.45) is -3.38. The molecular formula is C16H17F4NO3. The number of hydrogen-bond donors (Lipinski definition) is 0. The van der Waals surface area contributed by atoms with E-state index in [4.69, 9.17) is 0 Å². The molecule has 132 valence electrons. The standard InChI is InChI=1S/C16H17F4NO3/c1-10-2-7-13(11-3-5-12(17)6-4-11)21(8-10)14(22)15(23)24-9-16(18,19)20/h3-6,10,13H,2,7-9H2,1H3/t10-,13+/m0/s1. The Kier molecular flexibility index (Phi) is 5.46. The van der Waals surface area contributed by atoms with Crippen molar-refractivity contribution in [2.45, 2.75) is 32.0 Å². The van der Waals surface area contributed by atoms with Crippen LogP contribution in [0.3, 0.4) is 0 Å². The van der Waals surface area contributed by atoms with Gasteiger partial charge in [0.25, 0.3) is 0 Å². The van der Waals surface area contributed by atoms with Gasteiger partial charge in [-0.15, -0.1) is 0 Å². The van der Waals surface area contributed by atoms with Crippen molar-refractivity contribution < 1.29 is 31.9 Å². The number of carbonyl (C=O) groups is 2. The van der Waals surface area contributed by atoms with Crippen molar-refractivity contribution in [3.8, 4) is 0 Å². The summed E-state index contributed by atoms with van der Waals surface area (Å²) >= 11 is 0. The third kappa shape index (κ3) is 4.69. The Morgan fingerprint density at radius 1 is 1.21 bits per heavy atom. The molecule has 8 heteroatoms. The van der Waals surface area contributed by atoms with Gasteiger partial charge in [0, 0.05) is 6.54 Å². The summed E-state index contributed by atoms with van der Waals surface area (Å²) in [6, 6.07) is 4.97. The van der Waals surface area contributed by atoms with Crippen molar-refractivity contribution in [3.63, 3.8) is 0 Å².